The number of carbonyl (C=O) groups excluding carboxylic acids is 2. The number of hydrogen-bond donors (Lipinski definition) is 2. The summed E-state index contributed by atoms with van der Waals surface area (Å²) in [5.74, 6) is 0.312. The molecule has 2 aliphatic rings. The third-order valence-corrected chi connectivity index (χ3v) is 3.40. The number of rotatable bonds is 2. The van der Waals surface area contributed by atoms with E-state index in [0.717, 1.165) is 18.8 Å². The Morgan fingerprint density at radius 2 is 2.11 bits per heavy atom. The molecule has 5 nitrogen and oxygen atoms in total. The summed E-state index contributed by atoms with van der Waals surface area (Å²) in [6.07, 6.45) is 0.509. The van der Waals surface area contributed by atoms with Gasteiger partial charge >= 0.3 is 0 Å². The molecule has 1 aromatic rings. The number of amides is 2. The molecule has 3 rings (SSSR count). The molecular formula is C13H15N3O2. The molecule has 0 atom stereocenters. The molecule has 0 unspecified atom stereocenters. The lowest BCUT2D eigenvalue weighted by Crippen LogP contribution is -2.47. The first kappa shape index (κ1) is 11.2. The average molecular weight is 245 g/mol. The predicted octanol–water partition coefficient (Wildman–Crippen LogP) is 0.581. The van der Waals surface area contributed by atoms with Crippen LogP contribution in [0.25, 0.3) is 0 Å². The maximum Gasteiger partial charge on any atom is 0.244 e. The third-order valence-electron chi connectivity index (χ3n) is 3.40. The third kappa shape index (κ3) is 1.97. The monoisotopic (exact) mass is 245 g/mol. The van der Waals surface area contributed by atoms with E-state index in [1.165, 1.54) is 0 Å². The molecular weight excluding hydrogens is 230 g/mol. The fraction of sp³-hybridized carbons (Fsp3) is 0.385. The fourth-order valence-electron chi connectivity index (χ4n) is 2.31. The zero-order valence-electron chi connectivity index (χ0n) is 9.98. The molecule has 1 fully saturated rings. The Bertz CT molecular complexity index is 497. The van der Waals surface area contributed by atoms with Crippen molar-refractivity contribution in [3.05, 3.63) is 24.3 Å². The van der Waals surface area contributed by atoms with Gasteiger partial charge in [-0.3, -0.25) is 9.59 Å². The Kier molecular flexibility index (Phi) is 2.76. The van der Waals surface area contributed by atoms with Crippen LogP contribution < -0.4 is 15.5 Å². The van der Waals surface area contributed by atoms with Gasteiger partial charge in [0.1, 0.15) is 6.54 Å². The lowest BCUT2D eigenvalue weighted by Gasteiger charge is -2.32. The van der Waals surface area contributed by atoms with E-state index >= 15 is 0 Å². The van der Waals surface area contributed by atoms with Gasteiger partial charge in [0.05, 0.1) is 11.4 Å². The van der Waals surface area contributed by atoms with Crippen molar-refractivity contribution in [1.82, 2.24) is 5.32 Å². The van der Waals surface area contributed by atoms with E-state index in [9.17, 15) is 9.59 Å². The topological polar surface area (TPSA) is 61.4 Å². The Morgan fingerprint density at radius 1 is 1.33 bits per heavy atom. The van der Waals surface area contributed by atoms with Crippen LogP contribution in [0, 0.1) is 5.92 Å². The van der Waals surface area contributed by atoms with Gasteiger partial charge in [-0.1, -0.05) is 12.1 Å². The normalized spacial score (nSPS) is 18.9. The van der Waals surface area contributed by atoms with E-state index in [4.69, 9.17) is 0 Å². The summed E-state index contributed by atoms with van der Waals surface area (Å²) >= 11 is 0. The van der Waals surface area contributed by atoms with Gasteiger partial charge in [-0.15, -0.1) is 0 Å². The first-order valence-electron chi connectivity index (χ1n) is 6.14. The number of para-hydroxylation sites is 2. The van der Waals surface area contributed by atoms with Crippen molar-refractivity contribution in [2.45, 2.75) is 6.42 Å². The molecule has 94 valence electrons. The highest BCUT2D eigenvalue weighted by atomic mass is 16.2. The molecule has 2 aliphatic heterocycles. The second-order valence-corrected chi connectivity index (χ2v) is 4.77. The number of nitrogens with zero attached hydrogens (tertiary/aromatic N) is 1. The number of hydrogen-bond acceptors (Lipinski definition) is 3. The van der Waals surface area contributed by atoms with Gasteiger partial charge in [0.15, 0.2) is 0 Å². The highest BCUT2D eigenvalue weighted by molar-refractivity contribution is 6.09. The van der Waals surface area contributed by atoms with Crippen molar-refractivity contribution >= 4 is 23.2 Å². The zero-order chi connectivity index (χ0) is 12.5. The highest BCUT2D eigenvalue weighted by Gasteiger charge is 2.29. The molecule has 1 saturated heterocycles. The van der Waals surface area contributed by atoms with Gasteiger partial charge < -0.3 is 15.5 Å². The minimum atomic E-state index is -0.131. The van der Waals surface area contributed by atoms with Crippen LogP contribution in [-0.4, -0.2) is 31.4 Å². The molecule has 2 N–H and O–H groups in total. The molecule has 0 radical (unpaired) electrons. The van der Waals surface area contributed by atoms with Crippen LogP contribution in [0.4, 0.5) is 11.4 Å². The Labute approximate surface area is 105 Å². The molecule has 0 aliphatic carbocycles. The van der Waals surface area contributed by atoms with Crippen LogP contribution in [-0.2, 0) is 9.59 Å². The van der Waals surface area contributed by atoms with Crippen molar-refractivity contribution in [3.8, 4) is 0 Å². The minimum absolute atomic E-state index is 0.0313. The van der Waals surface area contributed by atoms with Crippen molar-refractivity contribution < 1.29 is 9.59 Å². The molecule has 2 heterocycles. The molecule has 0 saturated carbocycles. The van der Waals surface area contributed by atoms with Gasteiger partial charge in [0, 0.05) is 6.42 Å². The first-order valence-corrected chi connectivity index (χ1v) is 6.14. The second kappa shape index (κ2) is 4.42. The average Bonchev–Trinajstić information content (AvgIpc) is 2.32. The van der Waals surface area contributed by atoms with Crippen molar-refractivity contribution in [3.63, 3.8) is 0 Å². The van der Waals surface area contributed by atoms with Gasteiger partial charge in [-0.25, -0.2) is 0 Å². The van der Waals surface area contributed by atoms with E-state index in [-0.39, 0.29) is 18.4 Å². The number of fused-ring (bicyclic) bond motifs is 1. The quantitative estimate of drug-likeness (QED) is 0.801. The van der Waals surface area contributed by atoms with Gasteiger partial charge in [-0.2, -0.15) is 0 Å². The number of carbonyl (C=O) groups is 2. The van der Waals surface area contributed by atoms with Gasteiger partial charge in [0.2, 0.25) is 11.8 Å². The van der Waals surface area contributed by atoms with Crippen LogP contribution in [0.1, 0.15) is 6.42 Å². The SMILES string of the molecule is O=C1CN(C(=O)CC2CNC2)c2ccccc2N1. The van der Waals surface area contributed by atoms with Crippen molar-refractivity contribution in [2.24, 2.45) is 5.92 Å². The molecule has 0 spiro atoms. The maximum atomic E-state index is 12.2. The van der Waals surface area contributed by atoms with Crippen LogP contribution in [0.15, 0.2) is 24.3 Å². The standard InChI is InChI=1S/C13H15N3O2/c17-12-8-16(13(18)5-9-6-14-7-9)11-4-2-1-3-10(11)15-12/h1-4,9,14H,5-8H2,(H,15,17). The molecule has 0 bridgehead atoms. The summed E-state index contributed by atoms with van der Waals surface area (Å²) in [6.45, 7) is 1.91. The Hall–Kier alpha value is -1.88. The number of benzene rings is 1. The summed E-state index contributed by atoms with van der Waals surface area (Å²) in [7, 11) is 0. The van der Waals surface area contributed by atoms with Crippen LogP contribution >= 0.6 is 0 Å². The zero-order valence-corrected chi connectivity index (χ0v) is 9.98. The summed E-state index contributed by atoms with van der Waals surface area (Å²) in [6, 6.07) is 7.41. The molecule has 2 amide bonds. The molecule has 0 aromatic heterocycles. The van der Waals surface area contributed by atoms with E-state index in [0.29, 0.717) is 18.0 Å². The van der Waals surface area contributed by atoms with E-state index in [1.54, 1.807) is 4.90 Å². The summed E-state index contributed by atoms with van der Waals surface area (Å²) in [4.78, 5) is 25.4. The van der Waals surface area contributed by atoms with E-state index < -0.39 is 0 Å². The smallest absolute Gasteiger partial charge is 0.244 e. The van der Waals surface area contributed by atoms with Gasteiger partial charge in [-0.05, 0) is 31.1 Å². The van der Waals surface area contributed by atoms with Crippen LogP contribution in [0.5, 0.6) is 0 Å². The summed E-state index contributed by atoms with van der Waals surface area (Å²) < 4.78 is 0. The lowest BCUT2D eigenvalue weighted by atomic mass is 9.98. The van der Waals surface area contributed by atoms with E-state index in [2.05, 4.69) is 10.6 Å². The minimum Gasteiger partial charge on any atom is -0.323 e. The summed E-state index contributed by atoms with van der Waals surface area (Å²) in [5, 5.41) is 5.93. The lowest BCUT2D eigenvalue weighted by molar-refractivity contribution is -0.122. The van der Waals surface area contributed by atoms with Crippen molar-refractivity contribution in [1.29, 1.82) is 0 Å². The first-order chi connectivity index (χ1) is 8.74. The van der Waals surface area contributed by atoms with Crippen LogP contribution in [0.3, 0.4) is 0 Å². The molecule has 1 aromatic carbocycles. The van der Waals surface area contributed by atoms with Gasteiger partial charge in [0.25, 0.3) is 0 Å². The predicted molar refractivity (Wildman–Crippen MR) is 68.4 cm³/mol. The molecule has 18 heavy (non-hydrogen) atoms. The van der Waals surface area contributed by atoms with Crippen molar-refractivity contribution in [2.75, 3.05) is 29.9 Å². The highest BCUT2D eigenvalue weighted by Crippen LogP contribution is 2.29. The number of nitrogens with one attached hydrogen (secondary N) is 2. The van der Waals surface area contributed by atoms with Crippen LogP contribution in [0.2, 0.25) is 0 Å². The summed E-state index contributed by atoms with van der Waals surface area (Å²) in [5.41, 5.74) is 1.52. The molecule has 5 heteroatoms. The number of anilines is 2. The largest absolute Gasteiger partial charge is 0.323 e. The van der Waals surface area contributed by atoms with E-state index in [1.807, 2.05) is 24.3 Å². The maximum absolute atomic E-state index is 12.2. The Morgan fingerprint density at radius 3 is 2.83 bits per heavy atom. The fourth-order valence-corrected chi connectivity index (χ4v) is 2.31. The Balaban J connectivity index is 1.82. The second-order valence-electron chi connectivity index (χ2n) is 4.77.